The molecule has 0 fully saturated rings. The van der Waals surface area contributed by atoms with Gasteiger partial charge in [-0.1, -0.05) is 181 Å². The fourth-order valence-electron chi connectivity index (χ4n) is 12.4. The second kappa shape index (κ2) is 14.2. The van der Waals surface area contributed by atoms with Crippen LogP contribution in [0.4, 0.5) is 17.1 Å². The van der Waals surface area contributed by atoms with Gasteiger partial charge in [0.15, 0.2) is 0 Å². The van der Waals surface area contributed by atoms with Crippen molar-refractivity contribution in [3.63, 3.8) is 0 Å². The number of allylic oxidation sites excluding steroid dienone is 2. The van der Waals surface area contributed by atoms with Crippen molar-refractivity contribution in [3.05, 3.63) is 240 Å². The van der Waals surface area contributed by atoms with Gasteiger partial charge < -0.3 is 9.47 Å². The number of hydrogen-bond acceptors (Lipinski definition) is 1. The molecule has 0 N–H and O–H groups in total. The third-order valence-corrected chi connectivity index (χ3v) is 15.8. The molecule has 1 heterocycles. The van der Waals surface area contributed by atoms with Crippen LogP contribution in [0.25, 0.3) is 72.0 Å². The maximum Gasteiger partial charge on any atom is 0.0542 e. The summed E-state index contributed by atoms with van der Waals surface area (Å²) in [6.07, 6.45) is 0. The maximum atomic E-state index is 2.46. The lowest BCUT2D eigenvalue weighted by atomic mass is 9.75. The molecule has 0 radical (unpaired) electrons. The molecule has 0 saturated carbocycles. The smallest absolute Gasteiger partial charge is 0.0542 e. The molecule has 3 aliphatic rings. The van der Waals surface area contributed by atoms with Crippen LogP contribution in [0.2, 0.25) is 0 Å². The molecule has 0 atom stereocenters. The average Bonchev–Trinajstić information content (AvgIpc) is 3.99. The summed E-state index contributed by atoms with van der Waals surface area (Å²) < 4.78 is 2.39. The van der Waals surface area contributed by atoms with Crippen molar-refractivity contribution in [3.8, 4) is 39.1 Å². The first kappa shape index (κ1) is 39.7. The van der Waals surface area contributed by atoms with Crippen LogP contribution in [0.5, 0.6) is 0 Å². The SMILES string of the molecule is CC1(C)C2=C(c3ccccc31)C(C)(C)c1cc(-c3ccc(-c4ccc(N(c5ccc6c(c5)C(C)(C)c5ccccc5-6)c5ccc6c(c5)c5ccccc5n6-c5ccccc5)cc4)cc3)ccc12. The number of fused-ring (bicyclic) bond motifs is 10. The molecule has 67 heavy (non-hydrogen) atoms. The Kier molecular flexibility index (Phi) is 8.38. The summed E-state index contributed by atoms with van der Waals surface area (Å²) in [4.78, 5) is 2.44. The molecule has 9 aromatic carbocycles. The van der Waals surface area contributed by atoms with Crippen LogP contribution in [-0.2, 0) is 16.2 Å². The van der Waals surface area contributed by atoms with Crippen molar-refractivity contribution in [1.82, 2.24) is 4.57 Å². The molecule has 0 bridgehead atoms. The lowest BCUT2D eigenvalue weighted by molar-refractivity contribution is 0.660. The Morgan fingerprint density at radius 3 is 1.51 bits per heavy atom. The van der Waals surface area contributed by atoms with E-state index in [1.54, 1.807) is 0 Å². The van der Waals surface area contributed by atoms with Crippen molar-refractivity contribution in [1.29, 1.82) is 0 Å². The molecule has 1 aromatic heterocycles. The van der Waals surface area contributed by atoms with Crippen LogP contribution in [-0.4, -0.2) is 4.57 Å². The first-order valence-corrected chi connectivity index (χ1v) is 23.8. The largest absolute Gasteiger partial charge is 0.310 e. The van der Waals surface area contributed by atoms with Crippen LogP contribution >= 0.6 is 0 Å². The Balaban J connectivity index is 0.871. The van der Waals surface area contributed by atoms with Gasteiger partial charge in [-0.25, -0.2) is 0 Å². The van der Waals surface area contributed by atoms with E-state index in [4.69, 9.17) is 0 Å². The highest BCUT2D eigenvalue weighted by atomic mass is 15.1. The standard InChI is InChI=1S/C65H52N2/c1-63(2)55-21-13-10-18-49(55)50-36-33-48(40-58(50)63)66(47-34-37-60-54(39-47)51-19-12-15-23-59(51)67(60)45-16-8-7-9-17-45)46-31-28-42(29-32-46)41-24-26-43(27-25-41)44-30-35-53-57(38-44)65(5,6)61-52-20-11-14-22-56(52)64(3,4)62(53)61/h7-40H,1-6H3. The molecule has 0 aliphatic heterocycles. The minimum atomic E-state index is -0.118. The average molecular weight is 861 g/mol. The van der Waals surface area contributed by atoms with Crippen molar-refractivity contribution in [2.45, 2.75) is 57.8 Å². The normalized spacial score (nSPS) is 15.6. The van der Waals surface area contributed by atoms with Gasteiger partial charge in [0.25, 0.3) is 0 Å². The van der Waals surface area contributed by atoms with E-state index in [0.717, 1.165) is 22.7 Å². The second-order valence-electron chi connectivity index (χ2n) is 20.6. The van der Waals surface area contributed by atoms with Crippen LogP contribution in [0.1, 0.15) is 74.9 Å². The molecule has 0 saturated heterocycles. The van der Waals surface area contributed by atoms with Gasteiger partial charge in [-0.05, 0) is 145 Å². The number of anilines is 3. The quantitative estimate of drug-likeness (QED) is 0.162. The summed E-state index contributed by atoms with van der Waals surface area (Å²) in [5, 5.41) is 2.47. The van der Waals surface area contributed by atoms with Gasteiger partial charge in [0.05, 0.1) is 11.0 Å². The van der Waals surface area contributed by atoms with Crippen LogP contribution in [0, 0.1) is 0 Å². The zero-order chi connectivity index (χ0) is 45.4. The Labute approximate surface area is 394 Å². The monoisotopic (exact) mass is 860 g/mol. The number of rotatable bonds is 6. The molecule has 0 unspecified atom stereocenters. The molecule has 10 aromatic rings. The lowest BCUT2D eigenvalue weighted by Crippen LogP contribution is -2.19. The van der Waals surface area contributed by atoms with Crippen molar-refractivity contribution in [2.75, 3.05) is 4.90 Å². The molecular formula is C65H52N2. The van der Waals surface area contributed by atoms with Crippen molar-refractivity contribution < 1.29 is 0 Å². The first-order chi connectivity index (χ1) is 32.5. The Morgan fingerprint density at radius 2 is 0.776 bits per heavy atom. The third kappa shape index (κ3) is 5.69. The van der Waals surface area contributed by atoms with Crippen LogP contribution < -0.4 is 4.90 Å². The Hall–Kier alpha value is -7.68. The Morgan fingerprint density at radius 1 is 0.313 bits per heavy atom. The molecule has 322 valence electrons. The fourth-order valence-corrected chi connectivity index (χ4v) is 12.4. The summed E-state index contributed by atoms with van der Waals surface area (Å²) in [5.74, 6) is 0. The second-order valence-corrected chi connectivity index (χ2v) is 20.6. The lowest BCUT2D eigenvalue weighted by Gasteiger charge is -2.28. The van der Waals surface area contributed by atoms with Crippen molar-refractivity contribution >= 4 is 50.0 Å². The molecule has 0 spiro atoms. The van der Waals surface area contributed by atoms with Gasteiger partial charge >= 0.3 is 0 Å². The highest BCUT2D eigenvalue weighted by Gasteiger charge is 2.49. The van der Waals surface area contributed by atoms with Crippen molar-refractivity contribution in [2.24, 2.45) is 0 Å². The highest BCUT2D eigenvalue weighted by Crippen LogP contribution is 2.62. The molecule has 2 heteroatoms. The van der Waals surface area contributed by atoms with Crippen LogP contribution in [0.3, 0.4) is 0 Å². The number of para-hydroxylation sites is 2. The van der Waals surface area contributed by atoms with Gasteiger partial charge in [0, 0.05) is 49.8 Å². The topological polar surface area (TPSA) is 8.17 Å². The summed E-state index contributed by atoms with van der Waals surface area (Å²) in [7, 11) is 0. The summed E-state index contributed by atoms with van der Waals surface area (Å²) >= 11 is 0. The van der Waals surface area contributed by atoms with E-state index in [2.05, 4.69) is 257 Å². The predicted molar refractivity (Wildman–Crippen MR) is 283 cm³/mol. The highest BCUT2D eigenvalue weighted by molar-refractivity contribution is 6.11. The first-order valence-electron chi connectivity index (χ1n) is 23.8. The maximum absolute atomic E-state index is 2.46. The zero-order valence-electron chi connectivity index (χ0n) is 39.0. The number of aromatic nitrogens is 1. The van der Waals surface area contributed by atoms with E-state index in [0.29, 0.717) is 0 Å². The Bertz CT molecular complexity index is 3690. The van der Waals surface area contributed by atoms with E-state index < -0.39 is 0 Å². The van der Waals surface area contributed by atoms with E-state index in [1.165, 1.54) is 99.7 Å². The molecular weight excluding hydrogens is 809 g/mol. The number of nitrogens with zero attached hydrogens (tertiary/aromatic N) is 2. The minimum absolute atomic E-state index is 0.0212. The van der Waals surface area contributed by atoms with Gasteiger partial charge in [0.2, 0.25) is 0 Å². The van der Waals surface area contributed by atoms with E-state index >= 15 is 0 Å². The summed E-state index contributed by atoms with van der Waals surface area (Å²) in [5.41, 5.74) is 25.7. The predicted octanol–water partition coefficient (Wildman–Crippen LogP) is 17.4. The van der Waals surface area contributed by atoms with Gasteiger partial charge in [0.1, 0.15) is 0 Å². The van der Waals surface area contributed by atoms with E-state index in [1.807, 2.05) is 0 Å². The zero-order valence-corrected chi connectivity index (χ0v) is 39.0. The summed E-state index contributed by atoms with van der Waals surface area (Å²) in [6.45, 7) is 14.4. The van der Waals surface area contributed by atoms with Crippen LogP contribution in [0.15, 0.2) is 206 Å². The fraction of sp³-hybridized carbons (Fsp3) is 0.138. The molecule has 2 nitrogen and oxygen atoms in total. The van der Waals surface area contributed by atoms with E-state index in [-0.39, 0.29) is 16.2 Å². The number of hydrogen-bond donors (Lipinski definition) is 0. The van der Waals surface area contributed by atoms with Gasteiger partial charge in [-0.2, -0.15) is 0 Å². The third-order valence-electron chi connectivity index (χ3n) is 15.8. The molecule has 0 amide bonds. The molecule has 3 aliphatic carbocycles. The number of benzene rings is 9. The minimum Gasteiger partial charge on any atom is -0.310 e. The van der Waals surface area contributed by atoms with Gasteiger partial charge in [-0.3, -0.25) is 0 Å². The van der Waals surface area contributed by atoms with E-state index in [9.17, 15) is 0 Å². The summed E-state index contributed by atoms with van der Waals surface area (Å²) in [6, 6.07) is 77.0. The van der Waals surface area contributed by atoms with Gasteiger partial charge in [-0.15, -0.1) is 0 Å². The molecule has 13 rings (SSSR count).